The van der Waals surface area contributed by atoms with Gasteiger partial charge in [-0.15, -0.1) is 15.0 Å². The third-order valence-corrected chi connectivity index (χ3v) is 2.34. The molecule has 0 amide bonds. The molecule has 0 unspecified atom stereocenters. The second-order valence-corrected chi connectivity index (χ2v) is 3.59. The van der Waals surface area contributed by atoms with Crippen LogP contribution in [0.1, 0.15) is 0 Å². The molecule has 0 bridgehead atoms. The zero-order valence-electron chi connectivity index (χ0n) is 8.96. The quantitative estimate of drug-likeness (QED) is 0.639. The monoisotopic (exact) mass is 246 g/mol. The van der Waals surface area contributed by atoms with Crippen LogP contribution in [0.2, 0.25) is 0 Å². The molecule has 0 saturated heterocycles. The van der Waals surface area contributed by atoms with Crippen LogP contribution in [0.3, 0.4) is 0 Å². The predicted octanol–water partition coefficient (Wildman–Crippen LogP) is 0.225. The Bertz CT molecular complexity index is 775. The van der Waals surface area contributed by atoms with Crippen LogP contribution in [0.5, 0.6) is 0 Å². The van der Waals surface area contributed by atoms with Gasteiger partial charge in [-0.25, -0.2) is 4.39 Å². The maximum Gasteiger partial charge on any atom is 0.282 e. The number of H-pyrrole nitrogens is 1. The van der Waals surface area contributed by atoms with Crippen LogP contribution in [0.25, 0.3) is 16.9 Å². The highest BCUT2D eigenvalue weighted by molar-refractivity contribution is 5.68. The number of halogens is 1. The number of nitrogens with two attached hydrogens (primary N) is 1. The highest BCUT2D eigenvalue weighted by atomic mass is 19.1. The van der Waals surface area contributed by atoms with E-state index in [1.165, 1.54) is 29.1 Å². The van der Waals surface area contributed by atoms with E-state index in [4.69, 9.17) is 5.73 Å². The Hall–Kier alpha value is -2.77. The van der Waals surface area contributed by atoms with Crippen molar-refractivity contribution >= 4 is 17.1 Å². The van der Waals surface area contributed by atoms with E-state index in [-0.39, 0.29) is 22.9 Å². The first-order chi connectivity index (χ1) is 8.63. The molecular weight excluding hydrogens is 239 g/mol. The maximum atomic E-state index is 12.8. The summed E-state index contributed by atoms with van der Waals surface area (Å²) >= 11 is 0. The summed E-state index contributed by atoms with van der Waals surface area (Å²) in [7, 11) is 0. The average Bonchev–Trinajstić information content (AvgIpc) is 2.74. The van der Waals surface area contributed by atoms with Gasteiger partial charge < -0.3 is 5.73 Å². The second kappa shape index (κ2) is 3.62. The first-order valence-electron chi connectivity index (χ1n) is 5.02. The van der Waals surface area contributed by atoms with Crippen molar-refractivity contribution in [2.75, 3.05) is 5.73 Å². The molecule has 18 heavy (non-hydrogen) atoms. The van der Waals surface area contributed by atoms with E-state index in [1.807, 2.05) is 0 Å². The minimum absolute atomic E-state index is 0.0290. The number of aromatic amines is 1. The largest absolute Gasteiger partial charge is 0.369 e. The summed E-state index contributed by atoms with van der Waals surface area (Å²) in [6.07, 6.45) is 0. The van der Waals surface area contributed by atoms with Crippen molar-refractivity contribution in [2.45, 2.75) is 0 Å². The molecule has 0 fully saturated rings. The average molecular weight is 246 g/mol. The Labute approximate surface area is 99.1 Å². The van der Waals surface area contributed by atoms with Gasteiger partial charge in [-0.2, -0.15) is 4.98 Å². The Kier molecular flexibility index (Phi) is 2.09. The minimum atomic E-state index is -0.467. The first-order valence-corrected chi connectivity index (χ1v) is 5.02. The number of hydrogen-bond acceptors (Lipinski definition) is 5. The molecule has 3 rings (SSSR count). The normalized spacial score (nSPS) is 10.9. The molecule has 0 aliphatic heterocycles. The third-order valence-electron chi connectivity index (χ3n) is 2.34. The number of aromatic nitrogens is 5. The van der Waals surface area contributed by atoms with Gasteiger partial charge in [-0.3, -0.25) is 9.78 Å². The van der Waals surface area contributed by atoms with Crippen LogP contribution in [-0.4, -0.2) is 25.0 Å². The van der Waals surface area contributed by atoms with Crippen LogP contribution < -0.4 is 11.3 Å². The Morgan fingerprint density at radius 3 is 2.67 bits per heavy atom. The van der Waals surface area contributed by atoms with Gasteiger partial charge in [0, 0.05) is 0 Å². The predicted molar refractivity (Wildman–Crippen MR) is 61.7 cm³/mol. The van der Waals surface area contributed by atoms with Gasteiger partial charge in [-0.05, 0) is 24.3 Å². The molecule has 0 aliphatic rings. The van der Waals surface area contributed by atoms with Gasteiger partial charge in [0.05, 0.1) is 5.69 Å². The first kappa shape index (κ1) is 10.4. The summed E-state index contributed by atoms with van der Waals surface area (Å²) in [4.78, 5) is 18.9. The lowest BCUT2D eigenvalue weighted by Gasteiger charge is -1.96. The molecule has 0 spiro atoms. The summed E-state index contributed by atoms with van der Waals surface area (Å²) in [5, 5.41) is 7.98. The van der Waals surface area contributed by atoms with E-state index in [2.05, 4.69) is 20.2 Å². The van der Waals surface area contributed by atoms with Crippen molar-refractivity contribution in [3.8, 4) is 5.69 Å². The highest BCUT2D eigenvalue weighted by Crippen LogP contribution is 2.09. The van der Waals surface area contributed by atoms with Crippen LogP contribution in [0.15, 0.2) is 29.1 Å². The number of nitrogens with one attached hydrogen (secondary N) is 1. The molecule has 0 radical (unpaired) electrons. The zero-order chi connectivity index (χ0) is 12.7. The van der Waals surface area contributed by atoms with Crippen LogP contribution in [-0.2, 0) is 0 Å². The molecule has 2 aromatic heterocycles. The standard InChI is InChI=1S/C10H7FN6O/c11-5-1-3-6(4-2-5)17-15-7-8(16-17)13-10(12)14-9(7)18/h1-4H,(H3,12,13,14,16,18). The lowest BCUT2D eigenvalue weighted by Crippen LogP contribution is -2.11. The number of hydrogen-bond donors (Lipinski definition) is 2. The fraction of sp³-hybridized carbons (Fsp3) is 0. The molecule has 0 saturated carbocycles. The number of rotatable bonds is 1. The number of nitrogens with zero attached hydrogens (tertiary/aromatic N) is 4. The van der Waals surface area contributed by atoms with Crippen molar-refractivity contribution in [3.63, 3.8) is 0 Å². The zero-order valence-corrected chi connectivity index (χ0v) is 8.96. The van der Waals surface area contributed by atoms with E-state index >= 15 is 0 Å². The molecular formula is C10H7FN6O. The van der Waals surface area contributed by atoms with Crippen LogP contribution in [0.4, 0.5) is 10.3 Å². The number of nitrogen functional groups attached to an aromatic ring is 1. The smallest absolute Gasteiger partial charge is 0.282 e. The van der Waals surface area contributed by atoms with Crippen molar-refractivity contribution in [1.82, 2.24) is 25.0 Å². The Morgan fingerprint density at radius 2 is 1.94 bits per heavy atom. The summed E-state index contributed by atoms with van der Waals surface area (Å²) in [6.45, 7) is 0. The molecule has 3 aromatic rings. The van der Waals surface area contributed by atoms with Gasteiger partial charge in [0.1, 0.15) is 5.82 Å². The molecule has 3 N–H and O–H groups in total. The lowest BCUT2D eigenvalue weighted by molar-refractivity contribution is 0.626. The molecule has 90 valence electrons. The summed E-state index contributed by atoms with van der Waals surface area (Å²) < 4.78 is 12.8. The van der Waals surface area contributed by atoms with E-state index in [1.54, 1.807) is 0 Å². The molecule has 8 heteroatoms. The van der Waals surface area contributed by atoms with Gasteiger partial charge in [0.15, 0.2) is 5.52 Å². The summed E-state index contributed by atoms with van der Waals surface area (Å²) in [5.74, 6) is -0.394. The Morgan fingerprint density at radius 1 is 1.22 bits per heavy atom. The summed E-state index contributed by atoms with van der Waals surface area (Å²) in [6, 6.07) is 5.53. The fourth-order valence-electron chi connectivity index (χ4n) is 1.53. The van der Waals surface area contributed by atoms with Gasteiger partial charge in [0.2, 0.25) is 11.6 Å². The van der Waals surface area contributed by atoms with Crippen LogP contribution >= 0.6 is 0 Å². The SMILES string of the molecule is Nc1nc2nn(-c3ccc(F)cc3)nc2c(=O)[nH]1. The highest BCUT2D eigenvalue weighted by Gasteiger charge is 2.10. The van der Waals surface area contributed by atoms with Gasteiger partial charge in [-0.1, -0.05) is 0 Å². The van der Waals surface area contributed by atoms with Gasteiger partial charge in [0.25, 0.3) is 5.56 Å². The number of anilines is 1. The van der Waals surface area contributed by atoms with Gasteiger partial charge >= 0.3 is 0 Å². The van der Waals surface area contributed by atoms with Crippen molar-refractivity contribution in [3.05, 3.63) is 40.4 Å². The van der Waals surface area contributed by atoms with E-state index in [0.717, 1.165) is 0 Å². The van der Waals surface area contributed by atoms with E-state index in [0.29, 0.717) is 5.69 Å². The molecule has 0 atom stereocenters. The van der Waals surface area contributed by atoms with E-state index in [9.17, 15) is 9.18 Å². The molecule has 1 aromatic carbocycles. The fourth-order valence-corrected chi connectivity index (χ4v) is 1.53. The number of fused-ring (bicyclic) bond motifs is 1. The maximum absolute atomic E-state index is 12.8. The third kappa shape index (κ3) is 1.59. The van der Waals surface area contributed by atoms with Crippen molar-refractivity contribution < 1.29 is 4.39 Å². The minimum Gasteiger partial charge on any atom is -0.369 e. The molecule has 2 heterocycles. The van der Waals surface area contributed by atoms with Crippen molar-refractivity contribution in [2.24, 2.45) is 0 Å². The molecule has 7 nitrogen and oxygen atoms in total. The topological polar surface area (TPSA) is 102 Å². The van der Waals surface area contributed by atoms with E-state index < -0.39 is 5.56 Å². The Balaban J connectivity index is 2.22. The second-order valence-electron chi connectivity index (χ2n) is 3.59. The lowest BCUT2D eigenvalue weighted by atomic mass is 10.3. The summed E-state index contributed by atoms with van der Waals surface area (Å²) in [5.41, 5.74) is 5.67. The van der Waals surface area contributed by atoms with Crippen LogP contribution in [0, 0.1) is 5.82 Å². The van der Waals surface area contributed by atoms with Crippen molar-refractivity contribution in [1.29, 1.82) is 0 Å². The molecule has 0 aliphatic carbocycles. The number of benzene rings is 1.